The van der Waals surface area contributed by atoms with Crippen LogP contribution in [0.2, 0.25) is 0 Å². The minimum atomic E-state index is -4.24. The van der Waals surface area contributed by atoms with Crippen LogP contribution >= 0.6 is 23.5 Å². The van der Waals surface area contributed by atoms with Crippen molar-refractivity contribution in [1.29, 1.82) is 0 Å². The molecule has 0 saturated carbocycles. The Morgan fingerprint density at radius 3 is 2.47 bits per heavy atom. The van der Waals surface area contributed by atoms with Crippen molar-refractivity contribution in [3.05, 3.63) is 44.6 Å². The molecule has 1 fully saturated rings. The summed E-state index contributed by atoms with van der Waals surface area (Å²) in [5.74, 6) is 0.894. The molecule has 3 rings (SSSR count). The van der Waals surface area contributed by atoms with Crippen molar-refractivity contribution in [2.24, 2.45) is 7.05 Å². The smallest absolute Gasteiger partial charge is 0.361 e. The van der Waals surface area contributed by atoms with Gasteiger partial charge in [-0.3, -0.25) is 0 Å². The SMILES string of the molecule is Cn1/c(=C/C=C/C2=[N+](CCCS(=O)(=O)[O-])CCS2)oc(=O)/c1=C\C=C1/SCCN1CCCS(=O)(=O)[O-]. The molecule has 2 aliphatic rings. The van der Waals surface area contributed by atoms with Crippen LogP contribution < -0.4 is 16.5 Å². The fourth-order valence-corrected chi connectivity index (χ4v) is 6.78. The highest BCUT2D eigenvalue weighted by Gasteiger charge is 2.20. The third-order valence-corrected chi connectivity index (χ3v) is 9.18. The summed E-state index contributed by atoms with van der Waals surface area (Å²) in [5, 5.41) is 2.19. The van der Waals surface area contributed by atoms with Crippen molar-refractivity contribution in [1.82, 2.24) is 9.47 Å². The Kier molecular flexibility index (Phi) is 10.1. The third kappa shape index (κ3) is 8.95. The second-order valence-electron chi connectivity index (χ2n) is 8.11. The van der Waals surface area contributed by atoms with Crippen LogP contribution in [-0.4, -0.2) is 94.2 Å². The Hall–Kier alpha value is -1.78. The molecule has 0 N–H and O–H groups in total. The molecule has 11 nitrogen and oxygen atoms in total. The second-order valence-corrected chi connectivity index (χ2v) is 13.4. The summed E-state index contributed by atoms with van der Waals surface area (Å²) in [6.07, 6.45) is 9.24. The summed E-state index contributed by atoms with van der Waals surface area (Å²) in [6.45, 7) is 2.41. The zero-order valence-electron chi connectivity index (χ0n) is 19.7. The van der Waals surface area contributed by atoms with Crippen LogP contribution in [0.1, 0.15) is 12.8 Å². The third-order valence-electron chi connectivity index (χ3n) is 5.45. The summed E-state index contributed by atoms with van der Waals surface area (Å²) in [6, 6.07) is 0. The number of nitrogens with zero attached hydrogens (tertiary/aromatic N) is 3. The van der Waals surface area contributed by atoms with Gasteiger partial charge in [-0.15, -0.1) is 11.8 Å². The molecule has 36 heavy (non-hydrogen) atoms. The summed E-state index contributed by atoms with van der Waals surface area (Å²) < 4.78 is 73.9. The molecule has 2 aliphatic heterocycles. The van der Waals surface area contributed by atoms with E-state index in [0.717, 1.165) is 34.7 Å². The topological polar surface area (TPSA) is 156 Å². The van der Waals surface area contributed by atoms with Gasteiger partial charge in [0, 0.05) is 49.9 Å². The molecule has 0 atom stereocenters. The molecule has 0 amide bonds. The Bertz CT molecular complexity index is 1440. The number of aromatic nitrogens is 1. The lowest BCUT2D eigenvalue weighted by Crippen LogP contribution is -2.29. The number of thioether (sulfide) groups is 2. The summed E-state index contributed by atoms with van der Waals surface area (Å²) in [5.41, 5.74) is -0.144. The Morgan fingerprint density at radius 1 is 1.03 bits per heavy atom. The van der Waals surface area contributed by atoms with E-state index < -0.39 is 31.6 Å². The quantitative estimate of drug-likeness (QED) is 0.235. The number of oxazole rings is 1. The van der Waals surface area contributed by atoms with Gasteiger partial charge in [0.15, 0.2) is 6.54 Å². The van der Waals surface area contributed by atoms with Gasteiger partial charge in [0.25, 0.3) is 0 Å². The van der Waals surface area contributed by atoms with Gasteiger partial charge >= 0.3 is 5.63 Å². The first-order chi connectivity index (χ1) is 16.9. The first kappa shape index (κ1) is 28.8. The molecule has 0 bridgehead atoms. The van der Waals surface area contributed by atoms with Crippen molar-refractivity contribution in [3.8, 4) is 0 Å². The van der Waals surface area contributed by atoms with Crippen LogP contribution in [0.4, 0.5) is 0 Å². The van der Waals surface area contributed by atoms with E-state index in [1.54, 1.807) is 59.4 Å². The maximum absolute atomic E-state index is 12.4. The van der Waals surface area contributed by atoms with Crippen molar-refractivity contribution >= 4 is 61.0 Å². The van der Waals surface area contributed by atoms with Crippen LogP contribution in [0.25, 0.3) is 12.2 Å². The fraction of sp³-hybridized carbons (Fsp3) is 0.524. The molecule has 200 valence electrons. The van der Waals surface area contributed by atoms with Gasteiger partial charge in [-0.2, -0.15) is 0 Å². The second kappa shape index (κ2) is 12.6. The van der Waals surface area contributed by atoms with Crippen LogP contribution in [0.5, 0.6) is 0 Å². The molecule has 0 radical (unpaired) electrons. The molecule has 1 aromatic heterocycles. The fourth-order valence-electron chi connectivity index (χ4n) is 3.70. The van der Waals surface area contributed by atoms with Crippen LogP contribution in [0.15, 0.2) is 32.5 Å². The van der Waals surface area contributed by atoms with E-state index in [0.29, 0.717) is 24.0 Å². The Labute approximate surface area is 218 Å². The van der Waals surface area contributed by atoms with Crippen molar-refractivity contribution < 1.29 is 34.9 Å². The largest absolute Gasteiger partial charge is 0.748 e. The highest BCUT2D eigenvalue weighted by Crippen LogP contribution is 2.27. The zero-order chi connectivity index (χ0) is 26.3. The van der Waals surface area contributed by atoms with Gasteiger partial charge in [0.1, 0.15) is 11.9 Å². The van der Waals surface area contributed by atoms with Crippen molar-refractivity contribution in [2.75, 3.05) is 49.2 Å². The van der Waals surface area contributed by atoms with Crippen LogP contribution in [-0.2, 0) is 27.3 Å². The molecule has 0 unspecified atom stereocenters. The van der Waals surface area contributed by atoms with E-state index in [-0.39, 0.29) is 18.6 Å². The lowest BCUT2D eigenvalue weighted by Gasteiger charge is -2.19. The van der Waals surface area contributed by atoms with Gasteiger partial charge < -0.3 is 23.0 Å². The Morgan fingerprint density at radius 2 is 1.75 bits per heavy atom. The van der Waals surface area contributed by atoms with Gasteiger partial charge in [-0.25, -0.2) is 26.2 Å². The van der Waals surface area contributed by atoms with Crippen LogP contribution in [0, 0.1) is 0 Å². The van der Waals surface area contributed by atoms with Gasteiger partial charge in [0.05, 0.1) is 31.0 Å². The van der Waals surface area contributed by atoms with Gasteiger partial charge in [0.2, 0.25) is 10.6 Å². The standard InChI is InChI=1S/C21H29N3O8S4/c1-22-17(7-8-20-24(12-14-34-20)10-4-16-36(29,30)31)21(25)32-18(22)5-2-6-19-23(11-13-33-19)9-3-15-35(26,27)28/h2,5-8H,3-4,9-16H2,1H3,(H-,26,27,28,29,30,31)/p-1/b17-7+,20-8-. The van der Waals surface area contributed by atoms with E-state index in [4.69, 9.17) is 4.42 Å². The molecule has 15 heteroatoms. The maximum Gasteiger partial charge on any atom is 0.361 e. The number of hydrogen-bond donors (Lipinski definition) is 0. The average Bonchev–Trinajstić information content (AvgIpc) is 3.46. The molecule has 3 heterocycles. The average molecular weight is 579 g/mol. The molecule has 1 aromatic rings. The van der Waals surface area contributed by atoms with Gasteiger partial charge in [-0.1, -0.05) is 11.8 Å². The van der Waals surface area contributed by atoms with Crippen LogP contribution in [0.3, 0.4) is 0 Å². The normalized spacial score (nSPS) is 19.6. The van der Waals surface area contributed by atoms with E-state index in [1.807, 2.05) is 15.6 Å². The van der Waals surface area contributed by atoms with Crippen molar-refractivity contribution in [2.45, 2.75) is 12.8 Å². The molecule has 0 aromatic carbocycles. The van der Waals surface area contributed by atoms with Gasteiger partial charge in [-0.05, 0) is 30.7 Å². The summed E-state index contributed by atoms with van der Waals surface area (Å²) >= 11 is 3.21. The van der Waals surface area contributed by atoms with E-state index in [9.17, 15) is 30.7 Å². The first-order valence-electron chi connectivity index (χ1n) is 11.2. The van der Waals surface area contributed by atoms with E-state index >= 15 is 0 Å². The van der Waals surface area contributed by atoms with E-state index in [1.165, 1.54) is 0 Å². The molecular weight excluding hydrogens is 551 g/mol. The summed E-state index contributed by atoms with van der Waals surface area (Å²) in [7, 11) is -6.75. The first-order valence-corrected chi connectivity index (χ1v) is 16.3. The number of hydrogen-bond acceptors (Lipinski definition) is 11. The minimum absolute atomic E-state index is 0.244. The number of rotatable bonds is 11. The van der Waals surface area contributed by atoms with E-state index in [2.05, 4.69) is 0 Å². The predicted molar refractivity (Wildman–Crippen MR) is 139 cm³/mol. The molecular formula is C21H28N3O8S4-. The molecule has 0 aliphatic carbocycles. The zero-order valence-corrected chi connectivity index (χ0v) is 23.0. The highest BCUT2D eigenvalue weighted by atomic mass is 32.2. The predicted octanol–water partition coefficient (Wildman–Crippen LogP) is -0.986. The lowest BCUT2D eigenvalue weighted by molar-refractivity contribution is -0.516. The number of allylic oxidation sites excluding steroid dienone is 2. The highest BCUT2D eigenvalue weighted by molar-refractivity contribution is 8.14. The lowest BCUT2D eigenvalue weighted by atomic mass is 10.4. The minimum Gasteiger partial charge on any atom is -0.748 e. The maximum atomic E-state index is 12.4. The Balaban J connectivity index is 1.72. The molecule has 0 spiro atoms. The monoisotopic (exact) mass is 578 g/mol. The summed E-state index contributed by atoms with van der Waals surface area (Å²) in [4.78, 5) is 14.4. The van der Waals surface area contributed by atoms with Crippen molar-refractivity contribution in [3.63, 3.8) is 0 Å². The molecule has 1 saturated heterocycles.